The van der Waals surface area contributed by atoms with E-state index in [1.165, 1.54) is 21.2 Å². The van der Waals surface area contributed by atoms with Gasteiger partial charge in [-0.3, -0.25) is 0 Å². The number of aromatic nitrogens is 1. The third-order valence-corrected chi connectivity index (χ3v) is 3.86. The normalized spacial score (nSPS) is 10.9. The van der Waals surface area contributed by atoms with Gasteiger partial charge in [-0.25, -0.2) is 4.98 Å². The summed E-state index contributed by atoms with van der Waals surface area (Å²) in [4.78, 5) is 4.19. The Bertz CT molecular complexity index is 686. The number of pyridine rings is 1. The van der Waals surface area contributed by atoms with E-state index < -0.39 is 0 Å². The molecule has 2 aromatic heterocycles. The first-order valence-corrected chi connectivity index (χ1v) is 6.32. The summed E-state index contributed by atoms with van der Waals surface area (Å²) in [5.74, 6) is 0.574. The van der Waals surface area contributed by atoms with Gasteiger partial charge in [-0.15, -0.1) is 11.3 Å². The maximum Gasteiger partial charge on any atom is 0.123 e. The fraction of sp³-hybridized carbons (Fsp3) is 0.0714. The molecule has 84 valence electrons. The van der Waals surface area contributed by atoms with Crippen molar-refractivity contribution in [3.63, 3.8) is 0 Å². The zero-order valence-corrected chi connectivity index (χ0v) is 10.3. The van der Waals surface area contributed by atoms with Gasteiger partial charge < -0.3 is 5.73 Å². The van der Waals surface area contributed by atoms with E-state index in [2.05, 4.69) is 41.6 Å². The minimum Gasteiger partial charge on any atom is -0.384 e. The number of anilines is 1. The molecule has 3 heteroatoms. The number of nitrogen functional groups attached to an aromatic ring is 1. The van der Waals surface area contributed by atoms with E-state index in [4.69, 9.17) is 5.73 Å². The van der Waals surface area contributed by atoms with Crippen LogP contribution in [0.1, 0.15) is 5.56 Å². The van der Waals surface area contributed by atoms with Crippen molar-refractivity contribution < 1.29 is 0 Å². The molecular weight excluding hydrogens is 228 g/mol. The van der Waals surface area contributed by atoms with Crippen molar-refractivity contribution >= 4 is 27.2 Å². The monoisotopic (exact) mass is 240 g/mol. The summed E-state index contributed by atoms with van der Waals surface area (Å²) in [6.07, 6.45) is 1.86. The fourth-order valence-electron chi connectivity index (χ4n) is 2.06. The second kappa shape index (κ2) is 3.86. The van der Waals surface area contributed by atoms with Crippen molar-refractivity contribution in [3.8, 4) is 11.1 Å². The van der Waals surface area contributed by atoms with E-state index >= 15 is 0 Å². The highest BCUT2D eigenvalue weighted by atomic mass is 32.1. The zero-order valence-electron chi connectivity index (χ0n) is 9.47. The number of nitrogens with two attached hydrogens (primary N) is 1. The standard InChI is InChI=1S/C14H12N2S/c1-9-7-13(15)16-8-12(9)11-4-2-3-10-5-6-17-14(10)11/h2-8H,1H3,(H2,15,16). The van der Waals surface area contributed by atoms with Crippen molar-refractivity contribution in [3.05, 3.63) is 47.5 Å². The number of benzene rings is 1. The molecule has 2 N–H and O–H groups in total. The van der Waals surface area contributed by atoms with E-state index in [0.717, 1.165) is 5.56 Å². The van der Waals surface area contributed by atoms with Gasteiger partial charge in [0.15, 0.2) is 0 Å². The molecule has 17 heavy (non-hydrogen) atoms. The zero-order chi connectivity index (χ0) is 11.8. The lowest BCUT2D eigenvalue weighted by molar-refractivity contribution is 1.30. The molecule has 0 atom stereocenters. The maximum absolute atomic E-state index is 5.69. The lowest BCUT2D eigenvalue weighted by Gasteiger charge is -2.07. The number of aryl methyl sites for hydroxylation is 1. The molecule has 0 saturated carbocycles. The minimum absolute atomic E-state index is 0.574. The van der Waals surface area contributed by atoms with Crippen LogP contribution in [0.5, 0.6) is 0 Å². The predicted molar refractivity (Wildman–Crippen MR) is 74.2 cm³/mol. The molecule has 0 amide bonds. The van der Waals surface area contributed by atoms with Crippen LogP contribution in [0.2, 0.25) is 0 Å². The molecular formula is C14H12N2S. The second-order valence-corrected chi connectivity index (χ2v) is 4.98. The Hall–Kier alpha value is -1.87. The van der Waals surface area contributed by atoms with Crippen molar-refractivity contribution in [2.75, 3.05) is 5.73 Å². The molecule has 2 nitrogen and oxygen atoms in total. The number of hydrogen-bond donors (Lipinski definition) is 1. The van der Waals surface area contributed by atoms with E-state index in [9.17, 15) is 0 Å². The highest BCUT2D eigenvalue weighted by Crippen LogP contribution is 2.33. The van der Waals surface area contributed by atoms with Gasteiger partial charge in [-0.2, -0.15) is 0 Å². The number of thiophene rings is 1. The first-order chi connectivity index (χ1) is 8.25. The lowest BCUT2D eigenvalue weighted by Crippen LogP contribution is -1.92. The van der Waals surface area contributed by atoms with Gasteiger partial charge in [0, 0.05) is 22.0 Å². The van der Waals surface area contributed by atoms with Crippen LogP contribution in [0.25, 0.3) is 21.2 Å². The summed E-state index contributed by atoms with van der Waals surface area (Å²) >= 11 is 1.76. The molecule has 0 bridgehead atoms. The number of fused-ring (bicyclic) bond motifs is 1. The Morgan fingerprint density at radius 1 is 1.18 bits per heavy atom. The van der Waals surface area contributed by atoms with E-state index in [1.807, 2.05) is 12.3 Å². The van der Waals surface area contributed by atoms with Gasteiger partial charge in [0.25, 0.3) is 0 Å². The Kier molecular flexibility index (Phi) is 2.34. The summed E-state index contributed by atoms with van der Waals surface area (Å²) in [5.41, 5.74) is 9.25. The van der Waals surface area contributed by atoms with Crippen LogP contribution in [0, 0.1) is 6.92 Å². The predicted octanol–water partition coefficient (Wildman–Crippen LogP) is 3.85. The van der Waals surface area contributed by atoms with Crippen LogP contribution in [-0.4, -0.2) is 4.98 Å². The van der Waals surface area contributed by atoms with Crippen molar-refractivity contribution in [2.24, 2.45) is 0 Å². The molecule has 2 heterocycles. The third-order valence-electron chi connectivity index (χ3n) is 2.90. The summed E-state index contributed by atoms with van der Waals surface area (Å²) in [5, 5.41) is 3.40. The van der Waals surface area contributed by atoms with Crippen molar-refractivity contribution in [2.45, 2.75) is 6.92 Å². The van der Waals surface area contributed by atoms with Crippen molar-refractivity contribution in [1.82, 2.24) is 4.98 Å². The second-order valence-electron chi connectivity index (χ2n) is 4.07. The molecule has 1 aromatic carbocycles. The summed E-state index contributed by atoms with van der Waals surface area (Å²) in [6, 6.07) is 10.4. The van der Waals surface area contributed by atoms with Gasteiger partial charge in [-0.1, -0.05) is 18.2 Å². The molecule has 0 radical (unpaired) electrons. The summed E-state index contributed by atoms with van der Waals surface area (Å²) in [7, 11) is 0. The molecule has 0 spiro atoms. The van der Waals surface area contributed by atoms with Crippen LogP contribution in [-0.2, 0) is 0 Å². The van der Waals surface area contributed by atoms with Crippen LogP contribution in [0.15, 0.2) is 41.9 Å². The fourth-order valence-corrected chi connectivity index (χ4v) is 2.99. The Morgan fingerprint density at radius 3 is 2.88 bits per heavy atom. The average molecular weight is 240 g/mol. The van der Waals surface area contributed by atoms with Gasteiger partial charge in [0.05, 0.1) is 0 Å². The van der Waals surface area contributed by atoms with Gasteiger partial charge in [0.2, 0.25) is 0 Å². The molecule has 0 aliphatic carbocycles. The van der Waals surface area contributed by atoms with E-state index in [1.54, 1.807) is 11.3 Å². The SMILES string of the molecule is Cc1cc(N)ncc1-c1cccc2ccsc12. The lowest BCUT2D eigenvalue weighted by atomic mass is 10.0. The third kappa shape index (κ3) is 1.68. The highest BCUT2D eigenvalue weighted by Gasteiger charge is 2.07. The Balaban J connectivity index is 2.30. The number of hydrogen-bond acceptors (Lipinski definition) is 3. The molecule has 0 saturated heterocycles. The van der Waals surface area contributed by atoms with Gasteiger partial charge in [-0.05, 0) is 35.4 Å². The topological polar surface area (TPSA) is 38.9 Å². The first kappa shape index (κ1) is 10.3. The smallest absolute Gasteiger partial charge is 0.123 e. The summed E-state index contributed by atoms with van der Waals surface area (Å²) in [6.45, 7) is 2.07. The van der Waals surface area contributed by atoms with Gasteiger partial charge >= 0.3 is 0 Å². The van der Waals surface area contributed by atoms with Gasteiger partial charge in [0.1, 0.15) is 5.82 Å². The molecule has 0 fully saturated rings. The Labute approximate surface area is 104 Å². The number of nitrogens with zero attached hydrogens (tertiary/aromatic N) is 1. The minimum atomic E-state index is 0.574. The Morgan fingerprint density at radius 2 is 2.06 bits per heavy atom. The van der Waals surface area contributed by atoms with Crippen LogP contribution >= 0.6 is 11.3 Å². The average Bonchev–Trinajstić information content (AvgIpc) is 2.77. The first-order valence-electron chi connectivity index (χ1n) is 5.44. The molecule has 0 aliphatic heterocycles. The molecule has 3 aromatic rings. The highest BCUT2D eigenvalue weighted by molar-refractivity contribution is 7.17. The molecule has 3 rings (SSSR count). The molecule has 0 unspecified atom stereocenters. The van der Waals surface area contributed by atoms with E-state index in [-0.39, 0.29) is 0 Å². The van der Waals surface area contributed by atoms with Crippen molar-refractivity contribution in [1.29, 1.82) is 0 Å². The molecule has 0 aliphatic rings. The maximum atomic E-state index is 5.69. The largest absolute Gasteiger partial charge is 0.384 e. The van der Waals surface area contributed by atoms with Crippen LogP contribution < -0.4 is 5.73 Å². The number of rotatable bonds is 1. The van der Waals surface area contributed by atoms with E-state index in [0.29, 0.717) is 5.82 Å². The summed E-state index contributed by atoms with van der Waals surface area (Å²) < 4.78 is 1.31. The van der Waals surface area contributed by atoms with Crippen LogP contribution in [0.4, 0.5) is 5.82 Å². The quantitative estimate of drug-likeness (QED) is 0.701. The van der Waals surface area contributed by atoms with Crippen LogP contribution in [0.3, 0.4) is 0 Å².